The van der Waals surface area contributed by atoms with Crippen LogP contribution in [0.4, 0.5) is 0 Å². The van der Waals surface area contributed by atoms with Crippen LogP contribution in [0.5, 0.6) is 11.5 Å². The summed E-state index contributed by atoms with van der Waals surface area (Å²) in [5.74, 6) is 0.721. The quantitative estimate of drug-likeness (QED) is 0.766. The third-order valence-corrected chi connectivity index (χ3v) is 2.28. The molecule has 0 amide bonds. The van der Waals surface area contributed by atoms with Crippen molar-refractivity contribution in [1.82, 2.24) is 5.32 Å². The number of aromatic hydroxyl groups is 1. The molecule has 0 aliphatic carbocycles. The number of benzene rings is 1. The van der Waals surface area contributed by atoms with Gasteiger partial charge in [-0.2, -0.15) is 0 Å². The zero-order valence-electron chi connectivity index (χ0n) is 8.87. The van der Waals surface area contributed by atoms with Crippen molar-refractivity contribution in [3.8, 4) is 11.5 Å². The Hall–Kier alpha value is -1.22. The standard InChI is InChI=1S/C11H17NO2/c1-8(12-2)6-9-4-5-10(13)11(7-9)14-3/h4-5,7-8,12-13H,6H2,1-3H3/t8-/m1/s1. The lowest BCUT2D eigenvalue weighted by molar-refractivity contribution is 0.372. The fourth-order valence-electron chi connectivity index (χ4n) is 1.30. The lowest BCUT2D eigenvalue weighted by Gasteiger charge is -2.11. The van der Waals surface area contributed by atoms with Crippen LogP contribution in [0.3, 0.4) is 0 Å². The van der Waals surface area contributed by atoms with E-state index >= 15 is 0 Å². The second kappa shape index (κ2) is 4.86. The summed E-state index contributed by atoms with van der Waals surface area (Å²) in [5.41, 5.74) is 1.15. The van der Waals surface area contributed by atoms with E-state index in [9.17, 15) is 5.11 Å². The Bertz CT molecular complexity index is 299. The third-order valence-electron chi connectivity index (χ3n) is 2.28. The zero-order valence-corrected chi connectivity index (χ0v) is 8.87. The minimum Gasteiger partial charge on any atom is -0.504 e. The minimum atomic E-state index is 0.188. The zero-order chi connectivity index (χ0) is 10.6. The van der Waals surface area contributed by atoms with Crippen molar-refractivity contribution in [1.29, 1.82) is 0 Å². The van der Waals surface area contributed by atoms with Crippen LogP contribution >= 0.6 is 0 Å². The smallest absolute Gasteiger partial charge is 0.160 e. The Morgan fingerprint density at radius 1 is 1.50 bits per heavy atom. The van der Waals surface area contributed by atoms with E-state index in [1.165, 1.54) is 0 Å². The predicted molar refractivity (Wildman–Crippen MR) is 56.9 cm³/mol. The van der Waals surface area contributed by atoms with Gasteiger partial charge in [-0.25, -0.2) is 0 Å². The second-order valence-corrected chi connectivity index (χ2v) is 3.40. The molecule has 0 heterocycles. The van der Waals surface area contributed by atoms with Crippen molar-refractivity contribution in [2.75, 3.05) is 14.2 Å². The van der Waals surface area contributed by atoms with Crippen molar-refractivity contribution in [2.24, 2.45) is 0 Å². The molecule has 1 atom stereocenters. The Morgan fingerprint density at radius 2 is 2.21 bits per heavy atom. The first-order chi connectivity index (χ1) is 6.67. The molecule has 0 bridgehead atoms. The molecule has 78 valence electrons. The molecule has 0 fully saturated rings. The summed E-state index contributed by atoms with van der Waals surface area (Å²) in [4.78, 5) is 0. The molecule has 2 N–H and O–H groups in total. The maximum Gasteiger partial charge on any atom is 0.160 e. The monoisotopic (exact) mass is 195 g/mol. The van der Waals surface area contributed by atoms with Crippen LogP contribution in [0.1, 0.15) is 12.5 Å². The van der Waals surface area contributed by atoms with E-state index in [2.05, 4.69) is 12.2 Å². The van der Waals surface area contributed by atoms with Gasteiger partial charge in [0.1, 0.15) is 0 Å². The minimum absolute atomic E-state index is 0.188. The van der Waals surface area contributed by atoms with E-state index in [-0.39, 0.29) is 5.75 Å². The molecule has 0 aliphatic rings. The van der Waals surface area contributed by atoms with Gasteiger partial charge in [-0.1, -0.05) is 6.07 Å². The van der Waals surface area contributed by atoms with E-state index in [1.54, 1.807) is 13.2 Å². The number of phenols is 1. The van der Waals surface area contributed by atoms with Gasteiger partial charge in [0.15, 0.2) is 11.5 Å². The number of hydrogen-bond acceptors (Lipinski definition) is 3. The first-order valence-corrected chi connectivity index (χ1v) is 4.70. The second-order valence-electron chi connectivity index (χ2n) is 3.40. The SMILES string of the molecule is CN[C@H](C)Cc1ccc(O)c(OC)c1. The summed E-state index contributed by atoms with van der Waals surface area (Å²) in [6, 6.07) is 5.86. The number of methoxy groups -OCH3 is 1. The van der Waals surface area contributed by atoms with Gasteiger partial charge >= 0.3 is 0 Å². The van der Waals surface area contributed by atoms with E-state index in [4.69, 9.17) is 4.74 Å². The van der Waals surface area contributed by atoms with Crippen LogP contribution in [0.25, 0.3) is 0 Å². The molecule has 3 nitrogen and oxygen atoms in total. The lowest BCUT2D eigenvalue weighted by Crippen LogP contribution is -2.23. The van der Waals surface area contributed by atoms with Crippen LogP contribution in [0.2, 0.25) is 0 Å². The summed E-state index contributed by atoms with van der Waals surface area (Å²) in [5, 5.41) is 12.5. The largest absolute Gasteiger partial charge is 0.504 e. The molecule has 0 saturated carbocycles. The van der Waals surface area contributed by atoms with Crippen LogP contribution in [-0.2, 0) is 6.42 Å². The van der Waals surface area contributed by atoms with Gasteiger partial charge in [0.05, 0.1) is 7.11 Å². The molecule has 0 spiro atoms. The first kappa shape index (κ1) is 10.9. The van der Waals surface area contributed by atoms with Crippen molar-refractivity contribution < 1.29 is 9.84 Å². The fourth-order valence-corrected chi connectivity index (χ4v) is 1.30. The molecule has 1 rings (SSSR count). The molecule has 14 heavy (non-hydrogen) atoms. The van der Waals surface area contributed by atoms with Crippen molar-refractivity contribution in [2.45, 2.75) is 19.4 Å². The molecule has 0 saturated heterocycles. The number of likely N-dealkylation sites (N-methyl/N-ethyl adjacent to an activating group) is 1. The Kier molecular flexibility index (Phi) is 3.77. The Labute approximate surface area is 84.7 Å². The first-order valence-electron chi connectivity index (χ1n) is 4.70. The summed E-state index contributed by atoms with van der Waals surface area (Å²) < 4.78 is 5.03. The maximum atomic E-state index is 9.39. The molecule has 0 unspecified atom stereocenters. The third kappa shape index (κ3) is 2.64. The molecule has 3 heteroatoms. The van der Waals surface area contributed by atoms with E-state index in [0.29, 0.717) is 11.8 Å². The highest BCUT2D eigenvalue weighted by molar-refractivity contribution is 5.41. The van der Waals surface area contributed by atoms with Crippen molar-refractivity contribution >= 4 is 0 Å². The highest BCUT2D eigenvalue weighted by Crippen LogP contribution is 2.26. The van der Waals surface area contributed by atoms with Crippen LogP contribution in [-0.4, -0.2) is 25.3 Å². The van der Waals surface area contributed by atoms with Gasteiger partial charge in [-0.3, -0.25) is 0 Å². The number of nitrogens with one attached hydrogen (secondary N) is 1. The normalized spacial score (nSPS) is 12.5. The van der Waals surface area contributed by atoms with E-state index in [0.717, 1.165) is 12.0 Å². The highest BCUT2D eigenvalue weighted by Gasteiger charge is 2.05. The predicted octanol–water partition coefficient (Wildman–Crippen LogP) is 1.55. The van der Waals surface area contributed by atoms with Crippen LogP contribution in [0.15, 0.2) is 18.2 Å². The Balaban J connectivity index is 2.79. The molecule has 1 aromatic rings. The Morgan fingerprint density at radius 3 is 2.79 bits per heavy atom. The van der Waals surface area contributed by atoms with Crippen molar-refractivity contribution in [3.05, 3.63) is 23.8 Å². The van der Waals surface area contributed by atoms with Gasteiger partial charge < -0.3 is 15.2 Å². The van der Waals surface area contributed by atoms with Gasteiger partial charge in [-0.05, 0) is 38.1 Å². The molecular formula is C11H17NO2. The molecular weight excluding hydrogens is 178 g/mol. The summed E-state index contributed by atoms with van der Waals surface area (Å²) in [7, 11) is 3.49. The molecule has 0 radical (unpaired) electrons. The number of hydrogen-bond donors (Lipinski definition) is 2. The van der Waals surface area contributed by atoms with Crippen LogP contribution < -0.4 is 10.1 Å². The fraction of sp³-hybridized carbons (Fsp3) is 0.455. The summed E-state index contributed by atoms with van der Waals surface area (Å²) >= 11 is 0. The van der Waals surface area contributed by atoms with Gasteiger partial charge in [0, 0.05) is 6.04 Å². The lowest BCUT2D eigenvalue weighted by atomic mass is 10.1. The number of phenolic OH excluding ortho intramolecular Hbond substituents is 1. The van der Waals surface area contributed by atoms with Crippen LogP contribution in [0, 0.1) is 0 Å². The van der Waals surface area contributed by atoms with E-state index < -0.39 is 0 Å². The topological polar surface area (TPSA) is 41.5 Å². The van der Waals surface area contributed by atoms with Gasteiger partial charge in [-0.15, -0.1) is 0 Å². The molecule has 0 aromatic heterocycles. The van der Waals surface area contributed by atoms with E-state index in [1.807, 2.05) is 19.2 Å². The van der Waals surface area contributed by atoms with Crippen molar-refractivity contribution in [3.63, 3.8) is 0 Å². The summed E-state index contributed by atoms with van der Waals surface area (Å²) in [6.45, 7) is 2.11. The summed E-state index contributed by atoms with van der Waals surface area (Å²) in [6.07, 6.45) is 0.924. The average Bonchev–Trinajstić information content (AvgIpc) is 2.20. The maximum absolute atomic E-state index is 9.39. The molecule has 1 aromatic carbocycles. The number of ether oxygens (including phenoxy) is 1. The van der Waals surface area contributed by atoms with Gasteiger partial charge in [0.25, 0.3) is 0 Å². The number of rotatable bonds is 4. The van der Waals surface area contributed by atoms with Gasteiger partial charge in [0.2, 0.25) is 0 Å². The highest BCUT2D eigenvalue weighted by atomic mass is 16.5. The average molecular weight is 195 g/mol. The molecule has 0 aliphatic heterocycles.